The van der Waals surface area contributed by atoms with E-state index in [0.717, 1.165) is 43.5 Å². The van der Waals surface area contributed by atoms with Crippen molar-refractivity contribution in [3.05, 3.63) is 23.1 Å². The van der Waals surface area contributed by atoms with Crippen molar-refractivity contribution in [2.45, 2.75) is 31.6 Å². The van der Waals surface area contributed by atoms with E-state index in [-0.39, 0.29) is 5.92 Å². The van der Waals surface area contributed by atoms with Crippen LogP contribution >= 0.6 is 0 Å². The Bertz CT molecular complexity index is 662. The number of hydrogen-bond donors (Lipinski definition) is 0. The fraction of sp³-hybridized carbons (Fsp3) is 0.533. The van der Waals surface area contributed by atoms with Gasteiger partial charge in [0.2, 0.25) is 5.88 Å². The first-order valence-electron chi connectivity index (χ1n) is 7.33. The minimum atomic E-state index is 0.232. The molecule has 1 aliphatic carbocycles. The monoisotopic (exact) mass is 287 g/mol. The molecule has 1 fully saturated rings. The Labute approximate surface area is 122 Å². The summed E-state index contributed by atoms with van der Waals surface area (Å²) in [7, 11) is 1.62. The Morgan fingerprint density at radius 1 is 1.29 bits per heavy atom. The number of ether oxygens (including phenoxy) is 2. The van der Waals surface area contributed by atoms with E-state index in [9.17, 15) is 0 Å². The first kappa shape index (κ1) is 12.8. The highest BCUT2D eigenvalue weighted by molar-refractivity contribution is 5.62. The van der Waals surface area contributed by atoms with Crippen LogP contribution in [0.5, 0.6) is 5.88 Å². The third-order valence-electron chi connectivity index (χ3n) is 4.18. The van der Waals surface area contributed by atoms with E-state index in [1.165, 1.54) is 5.56 Å². The fourth-order valence-corrected chi connectivity index (χ4v) is 3.01. The molecule has 1 unspecified atom stereocenters. The number of hydrogen-bond acceptors (Lipinski definition) is 6. The summed E-state index contributed by atoms with van der Waals surface area (Å²) in [6.45, 7) is 1.43. The molecule has 0 bridgehead atoms. The maximum absolute atomic E-state index is 5.43. The molecule has 1 aliphatic heterocycles. The van der Waals surface area contributed by atoms with E-state index in [1.54, 1.807) is 7.11 Å². The molecule has 1 atom stereocenters. The summed E-state index contributed by atoms with van der Waals surface area (Å²) in [6, 6.07) is 2.08. The van der Waals surface area contributed by atoms with Crippen molar-refractivity contribution < 1.29 is 14.0 Å². The van der Waals surface area contributed by atoms with Gasteiger partial charge in [-0.25, -0.2) is 4.98 Å². The highest BCUT2D eigenvalue weighted by Gasteiger charge is 2.26. The maximum atomic E-state index is 5.43. The van der Waals surface area contributed by atoms with Crippen molar-refractivity contribution >= 4 is 0 Å². The topological polar surface area (TPSA) is 70.3 Å². The first-order valence-corrected chi connectivity index (χ1v) is 7.33. The van der Waals surface area contributed by atoms with Gasteiger partial charge >= 0.3 is 0 Å². The molecule has 21 heavy (non-hydrogen) atoms. The molecule has 2 aliphatic rings. The summed E-state index contributed by atoms with van der Waals surface area (Å²) < 4.78 is 16.2. The molecule has 2 aromatic rings. The van der Waals surface area contributed by atoms with Crippen molar-refractivity contribution in [3.63, 3.8) is 0 Å². The number of aromatic nitrogens is 3. The molecule has 0 radical (unpaired) electrons. The summed E-state index contributed by atoms with van der Waals surface area (Å²) in [5.74, 6) is 1.99. The van der Waals surface area contributed by atoms with E-state index >= 15 is 0 Å². The highest BCUT2D eigenvalue weighted by Crippen LogP contribution is 2.33. The third-order valence-corrected chi connectivity index (χ3v) is 4.18. The molecule has 6 nitrogen and oxygen atoms in total. The normalized spacial score (nSPS) is 20.7. The molecule has 2 aromatic heterocycles. The molecule has 0 spiro atoms. The minimum Gasteiger partial charge on any atom is -0.480 e. The van der Waals surface area contributed by atoms with Gasteiger partial charge in [-0.1, -0.05) is 5.16 Å². The van der Waals surface area contributed by atoms with Crippen molar-refractivity contribution in [1.82, 2.24) is 15.1 Å². The van der Waals surface area contributed by atoms with Gasteiger partial charge in [0.1, 0.15) is 5.56 Å². The van der Waals surface area contributed by atoms with Gasteiger partial charge in [-0.3, -0.25) is 0 Å². The zero-order valence-electron chi connectivity index (χ0n) is 12.0. The predicted octanol–water partition coefficient (Wildman–Crippen LogP) is 2.13. The molecule has 4 rings (SSSR count). The first-order chi connectivity index (χ1) is 10.3. The standard InChI is InChI=1S/C15H17N3O3/c1-19-14-11(7-9-3-2-4-12(9)16-14)15-17-13(18-21-15)10-5-6-20-8-10/h7,10H,2-6,8H2,1H3. The van der Waals surface area contributed by atoms with Gasteiger partial charge in [-0.2, -0.15) is 4.98 Å². The Kier molecular flexibility index (Phi) is 3.11. The maximum Gasteiger partial charge on any atom is 0.263 e. The second kappa shape index (κ2) is 5.11. The lowest BCUT2D eigenvalue weighted by molar-refractivity contribution is 0.192. The second-order valence-electron chi connectivity index (χ2n) is 5.52. The summed E-state index contributed by atoms with van der Waals surface area (Å²) in [6.07, 6.45) is 4.15. The van der Waals surface area contributed by atoms with Gasteiger partial charge < -0.3 is 14.0 Å². The highest BCUT2D eigenvalue weighted by atomic mass is 16.5. The van der Waals surface area contributed by atoms with Crippen molar-refractivity contribution in [2.75, 3.05) is 20.3 Å². The van der Waals surface area contributed by atoms with Crippen LogP contribution in [0.3, 0.4) is 0 Å². The van der Waals surface area contributed by atoms with Gasteiger partial charge in [0.15, 0.2) is 5.82 Å². The largest absolute Gasteiger partial charge is 0.480 e. The van der Waals surface area contributed by atoms with Crippen LogP contribution in [0.15, 0.2) is 10.6 Å². The van der Waals surface area contributed by atoms with Crippen LogP contribution in [0.25, 0.3) is 11.5 Å². The number of nitrogens with zero attached hydrogens (tertiary/aromatic N) is 3. The summed E-state index contributed by atoms with van der Waals surface area (Å²) >= 11 is 0. The predicted molar refractivity (Wildman–Crippen MR) is 74.3 cm³/mol. The lowest BCUT2D eigenvalue weighted by atomic mass is 10.1. The van der Waals surface area contributed by atoms with Crippen LogP contribution in [0.2, 0.25) is 0 Å². The Morgan fingerprint density at radius 2 is 2.24 bits per heavy atom. The van der Waals surface area contributed by atoms with Gasteiger partial charge in [-0.15, -0.1) is 0 Å². The molecular weight excluding hydrogens is 270 g/mol. The second-order valence-corrected chi connectivity index (χ2v) is 5.52. The molecule has 3 heterocycles. The summed E-state index contributed by atoms with van der Waals surface area (Å²) in [4.78, 5) is 9.10. The quantitative estimate of drug-likeness (QED) is 0.861. The number of aryl methyl sites for hydroxylation is 2. The molecule has 0 amide bonds. The number of pyridine rings is 1. The lowest BCUT2D eigenvalue weighted by Crippen LogP contribution is -2.00. The fourth-order valence-electron chi connectivity index (χ4n) is 3.01. The van der Waals surface area contributed by atoms with Crippen LogP contribution in [-0.4, -0.2) is 35.4 Å². The van der Waals surface area contributed by atoms with E-state index in [2.05, 4.69) is 21.2 Å². The van der Waals surface area contributed by atoms with Gasteiger partial charge in [0.25, 0.3) is 5.89 Å². The zero-order valence-corrected chi connectivity index (χ0v) is 12.0. The number of methoxy groups -OCH3 is 1. The van der Waals surface area contributed by atoms with Crippen molar-refractivity contribution in [3.8, 4) is 17.3 Å². The lowest BCUT2D eigenvalue weighted by Gasteiger charge is -2.07. The summed E-state index contributed by atoms with van der Waals surface area (Å²) in [5.41, 5.74) is 3.17. The molecule has 110 valence electrons. The van der Waals surface area contributed by atoms with Crippen LogP contribution in [0.1, 0.15) is 35.8 Å². The average Bonchev–Trinajstić information content (AvgIpc) is 3.24. The van der Waals surface area contributed by atoms with E-state index in [4.69, 9.17) is 14.0 Å². The van der Waals surface area contributed by atoms with Gasteiger partial charge in [-0.05, 0) is 37.3 Å². The zero-order chi connectivity index (χ0) is 14.2. The van der Waals surface area contributed by atoms with Crippen LogP contribution in [0.4, 0.5) is 0 Å². The molecule has 0 aromatic carbocycles. The molecule has 6 heteroatoms. The summed E-state index contributed by atoms with van der Waals surface area (Å²) in [5, 5.41) is 4.09. The van der Waals surface area contributed by atoms with Gasteiger partial charge in [0.05, 0.1) is 13.7 Å². The molecular formula is C15H17N3O3. The van der Waals surface area contributed by atoms with Crippen molar-refractivity contribution in [1.29, 1.82) is 0 Å². The smallest absolute Gasteiger partial charge is 0.263 e. The number of rotatable bonds is 3. The van der Waals surface area contributed by atoms with Crippen molar-refractivity contribution in [2.24, 2.45) is 0 Å². The Morgan fingerprint density at radius 3 is 3.05 bits per heavy atom. The van der Waals surface area contributed by atoms with Gasteiger partial charge in [0, 0.05) is 18.2 Å². The SMILES string of the molecule is COc1nc2c(cc1-c1nc(C3CCOC3)no1)CCC2. The average molecular weight is 287 g/mol. The van der Waals surface area contributed by atoms with E-state index in [0.29, 0.717) is 24.2 Å². The number of fused-ring (bicyclic) bond motifs is 1. The van der Waals surface area contributed by atoms with Crippen LogP contribution in [0, 0.1) is 0 Å². The van der Waals surface area contributed by atoms with E-state index in [1.807, 2.05) is 0 Å². The molecule has 0 saturated carbocycles. The van der Waals surface area contributed by atoms with E-state index < -0.39 is 0 Å². The molecule has 0 N–H and O–H groups in total. The van der Waals surface area contributed by atoms with Crippen LogP contribution < -0.4 is 4.74 Å². The molecule has 1 saturated heterocycles. The third kappa shape index (κ3) is 2.19. The minimum absolute atomic E-state index is 0.232. The Hall–Kier alpha value is -1.95. The van der Waals surface area contributed by atoms with Crippen LogP contribution in [-0.2, 0) is 17.6 Å². The Balaban J connectivity index is 1.72.